The van der Waals surface area contributed by atoms with Gasteiger partial charge in [-0.25, -0.2) is 0 Å². The average Bonchev–Trinajstić information content (AvgIpc) is 3.18. The van der Waals surface area contributed by atoms with Crippen LogP contribution >= 0.6 is 11.8 Å². The van der Waals surface area contributed by atoms with E-state index in [-0.39, 0.29) is 5.91 Å². The van der Waals surface area contributed by atoms with Crippen LogP contribution < -0.4 is 5.32 Å². The molecule has 4 rings (SSSR count). The number of carbonyl (C=O) groups is 1. The molecule has 1 N–H and O–H groups in total. The van der Waals surface area contributed by atoms with Crippen molar-refractivity contribution in [3.05, 3.63) is 72.3 Å². The first-order chi connectivity index (χ1) is 13.7. The molecule has 0 spiro atoms. The Morgan fingerprint density at radius 1 is 1.00 bits per heavy atom. The normalized spacial score (nSPS) is 10.9. The van der Waals surface area contributed by atoms with E-state index < -0.39 is 0 Å². The van der Waals surface area contributed by atoms with Gasteiger partial charge in [0.05, 0.1) is 0 Å². The average molecular weight is 389 g/mol. The van der Waals surface area contributed by atoms with E-state index in [2.05, 4.69) is 27.6 Å². The first-order valence-corrected chi connectivity index (χ1v) is 9.98. The van der Waals surface area contributed by atoms with Gasteiger partial charge in [-0.15, -0.1) is 10.2 Å². The Bertz CT molecular complexity index is 1110. The van der Waals surface area contributed by atoms with E-state index >= 15 is 0 Å². The largest absolute Gasteiger partial charge is 0.411 e. The van der Waals surface area contributed by atoms with Crippen LogP contribution in [0.4, 0.5) is 5.69 Å². The summed E-state index contributed by atoms with van der Waals surface area (Å²) in [5.41, 5.74) is 2.85. The monoisotopic (exact) mass is 389 g/mol. The molecule has 1 aromatic heterocycles. The van der Waals surface area contributed by atoms with E-state index in [0.29, 0.717) is 23.3 Å². The number of nitrogens with zero attached hydrogens (tertiary/aromatic N) is 2. The number of amides is 1. The van der Waals surface area contributed by atoms with Crippen LogP contribution in [0.2, 0.25) is 0 Å². The predicted molar refractivity (Wildman–Crippen MR) is 112 cm³/mol. The van der Waals surface area contributed by atoms with Crippen molar-refractivity contribution in [1.29, 1.82) is 0 Å². The molecule has 28 heavy (non-hydrogen) atoms. The second-order valence-corrected chi connectivity index (χ2v) is 7.49. The smallest absolute Gasteiger partial charge is 0.276 e. The van der Waals surface area contributed by atoms with E-state index in [1.165, 1.54) is 17.1 Å². The number of fused-ring (bicyclic) bond motifs is 1. The molecule has 0 fully saturated rings. The zero-order valence-electron chi connectivity index (χ0n) is 15.4. The van der Waals surface area contributed by atoms with Crippen LogP contribution in [0.15, 0.2) is 76.4 Å². The van der Waals surface area contributed by atoms with Crippen molar-refractivity contribution in [1.82, 2.24) is 10.2 Å². The van der Waals surface area contributed by atoms with Gasteiger partial charge in [0.1, 0.15) is 0 Å². The SMILES string of the molecule is Cc1ccc(NC(=O)CCSc2nnc(-c3ccc4ccccc4c3)o2)cc1. The zero-order chi connectivity index (χ0) is 19.3. The van der Waals surface area contributed by atoms with Gasteiger partial charge in [-0.3, -0.25) is 4.79 Å². The van der Waals surface area contributed by atoms with Crippen molar-refractivity contribution < 1.29 is 9.21 Å². The maximum Gasteiger partial charge on any atom is 0.276 e. The molecule has 1 heterocycles. The number of rotatable bonds is 6. The molecule has 0 radical (unpaired) electrons. The quantitative estimate of drug-likeness (QED) is 0.452. The molecule has 0 aliphatic carbocycles. The van der Waals surface area contributed by atoms with E-state index in [1.807, 2.05) is 61.5 Å². The molecular formula is C22H19N3O2S. The van der Waals surface area contributed by atoms with Crippen molar-refractivity contribution in [3.8, 4) is 11.5 Å². The van der Waals surface area contributed by atoms with Crippen LogP contribution in [0.5, 0.6) is 0 Å². The summed E-state index contributed by atoms with van der Waals surface area (Å²) >= 11 is 1.38. The number of aromatic nitrogens is 2. The summed E-state index contributed by atoms with van der Waals surface area (Å²) < 4.78 is 5.74. The summed E-state index contributed by atoms with van der Waals surface area (Å²) in [6, 6.07) is 21.9. The number of hydrogen-bond acceptors (Lipinski definition) is 5. The highest BCUT2D eigenvalue weighted by Gasteiger charge is 2.11. The number of anilines is 1. The molecule has 0 aliphatic rings. The van der Waals surface area contributed by atoms with Crippen molar-refractivity contribution in [3.63, 3.8) is 0 Å². The summed E-state index contributed by atoms with van der Waals surface area (Å²) in [4.78, 5) is 12.0. The Morgan fingerprint density at radius 2 is 1.79 bits per heavy atom. The minimum absolute atomic E-state index is 0.0365. The molecule has 0 atom stereocenters. The molecular weight excluding hydrogens is 370 g/mol. The highest BCUT2D eigenvalue weighted by Crippen LogP contribution is 2.26. The molecule has 5 nitrogen and oxygen atoms in total. The third kappa shape index (κ3) is 4.40. The van der Waals surface area contributed by atoms with Crippen LogP contribution in [0.1, 0.15) is 12.0 Å². The molecule has 0 saturated heterocycles. The van der Waals surface area contributed by atoms with Crippen LogP contribution in [-0.2, 0) is 4.79 Å². The first kappa shape index (κ1) is 18.3. The van der Waals surface area contributed by atoms with E-state index in [0.717, 1.165) is 22.2 Å². The predicted octanol–water partition coefficient (Wildman–Crippen LogP) is 5.32. The highest BCUT2D eigenvalue weighted by atomic mass is 32.2. The van der Waals surface area contributed by atoms with E-state index in [1.54, 1.807) is 0 Å². The van der Waals surface area contributed by atoms with Gasteiger partial charge >= 0.3 is 0 Å². The third-order valence-corrected chi connectivity index (χ3v) is 5.11. The second-order valence-electron chi connectivity index (χ2n) is 6.45. The Morgan fingerprint density at radius 3 is 2.61 bits per heavy atom. The van der Waals surface area contributed by atoms with Gasteiger partial charge in [0.2, 0.25) is 11.8 Å². The summed E-state index contributed by atoms with van der Waals surface area (Å²) in [5.74, 6) is 1.01. The Kier molecular flexibility index (Phi) is 5.39. The Hall–Kier alpha value is -3.12. The number of thioether (sulfide) groups is 1. The fraction of sp³-hybridized carbons (Fsp3) is 0.136. The van der Waals surface area contributed by atoms with Gasteiger partial charge in [0.25, 0.3) is 5.22 Å². The topological polar surface area (TPSA) is 68.0 Å². The van der Waals surface area contributed by atoms with Crippen molar-refractivity contribution in [2.45, 2.75) is 18.6 Å². The van der Waals surface area contributed by atoms with Crippen LogP contribution in [0, 0.1) is 6.92 Å². The van der Waals surface area contributed by atoms with Crippen LogP contribution in [0.3, 0.4) is 0 Å². The number of hydrogen-bond donors (Lipinski definition) is 1. The highest BCUT2D eigenvalue weighted by molar-refractivity contribution is 7.99. The number of nitrogens with one attached hydrogen (secondary N) is 1. The van der Waals surface area contributed by atoms with Crippen molar-refractivity contribution in [2.24, 2.45) is 0 Å². The fourth-order valence-corrected chi connectivity index (χ4v) is 3.50. The standard InChI is InChI=1S/C22H19N3O2S/c1-15-6-10-19(11-7-15)23-20(26)12-13-28-22-25-24-21(27-22)18-9-8-16-4-2-3-5-17(16)14-18/h2-11,14H,12-13H2,1H3,(H,23,26). The molecule has 0 aliphatic heterocycles. The van der Waals surface area contributed by atoms with Crippen molar-refractivity contribution in [2.75, 3.05) is 11.1 Å². The van der Waals surface area contributed by atoms with Gasteiger partial charge in [-0.2, -0.15) is 0 Å². The molecule has 0 unspecified atom stereocenters. The number of benzene rings is 3. The second kappa shape index (κ2) is 8.27. The lowest BCUT2D eigenvalue weighted by atomic mass is 10.1. The lowest BCUT2D eigenvalue weighted by Crippen LogP contribution is -2.12. The van der Waals surface area contributed by atoms with Crippen molar-refractivity contribution >= 4 is 34.1 Å². The minimum atomic E-state index is -0.0365. The maximum absolute atomic E-state index is 12.0. The third-order valence-electron chi connectivity index (χ3n) is 4.29. The lowest BCUT2D eigenvalue weighted by Gasteiger charge is -2.04. The van der Waals surface area contributed by atoms with Gasteiger partial charge in [-0.05, 0) is 42.0 Å². The Balaban J connectivity index is 1.33. The van der Waals surface area contributed by atoms with Gasteiger partial charge < -0.3 is 9.73 Å². The minimum Gasteiger partial charge on any atom is -0.411 e. The maximum atomic E-state index is 12.0. The van der Waals surface area contributed by atoms with E-state index in [4.69, 9.17) is 4.42 Å². The summed E-state index contributed by atoms with van der Waals surface area (Å²) in [5, 5.41) is 13.8. The lowest BCUT2D eigenvalue weighted by molar-refractivity contribution is -0.115. The Labute approximate surface area is 167 Å². The molecule has 4 aromatic rings. The fourth-order valence-electron chi connectivity index (χ4n) is 2.80. The van der Waals surface area contributed by atoms with Gasteiger partial charge in [0.15, 0.2) is 0 Å². The molecule has 0 saturated carbocycles. The number of aryl methyl sites for hydroxylation is 1. The van der Waals surface area contributed by atoms with E-state index in [9.17, 15) is 4.79 Å². The summed E-state index contributed by atoms with van der Waals surface area (Å²) in [6.07, 6.45) is 0.367. The summed E-state index contributed by atoms with van der Waals surface area (Å²) in [6.45, 7) is 2.01. The molecule has 140 valence electrons. The van der Waals surface area contributed by atoms with Crippen LogP contribution in [-0.4, -0.2) is 21.9 Å². The first-order valence-electron chi connectivity index (χ1n) is 8.99. The number of carbonyl (C=O) groups excluding carboxylic acids is 1. The zero-order valence-corrected chi connectivity index (χ0v) is 16.2. The molecule has 0 bridgehead atoms. The molecule has 3 aromatic carbocycles. The summed E-state index contributed by atoms with van der Waals surface area (Å²) in [7, 11) is 0. The molecule has 1 amide bonds. The van der Waals surface area contributed by atoms with Gasteiger partial charge in [0, 0.05) is 23.4 Å². The van der Waals surface area contributed by atoms with Gasteiger partial charge in [-0.1, -0.05) is 59.8 Å². The molecule has 6 heteroatoms. The van der Waals surface area contributed by atoms with Crippen LogP contribution in [0.25, 0.3) is 22.2 Å².